The van der Waals surface area contributed by atoms with Crippen LogP contribution in [0.5, 0.6) is 0 Å². The zero-order valence-electron chi connectivity index (χ0n) is 15.2. The van der Waals surface area contributed by atoms with Crippen molar-refractivity contribution in [2.45, 2.75) is 37.3 Å². The van der Waals surface area contributed by atoms with Gasteiger partial charge in [-0.25, -0.2) is 18.0 Å². The molecule has 2 N–H and O–H groups in total. The molecule has 1 atom stereocenters. The first-order chi connectivity index (χ1) is 12.5. The summed E-state index contributed by atoms with van der Waals surface area (Å²) in [6.45, 7) is 5.04. The van der Waals surface area contributed by atoms with Gasteiger partial charge in [0.15, 0.2) is 0 Å². The Morgan fingerprint density at radius 1 is 1.04 bits per heavy atom. The maximum absolute atomic E-state index is 12.7. The molecule has 0 amide bonds. The van der Waals surface area contributed by atoms with Crippen LogP contribution in [0.3, 0.4) is 0 Å². The molecule has 2 rings (SSSR count). The molecule has 2 aromatic rings. The van der Waals surface area contributed by atoms with Crippen LogP contribution in [0.15, 0.2) is 59.5 Å². The highest BCUT2D eigenvalue weighted by Gasteiger charge is 2.31. The van der Waals surface area contributed by atoms with Crippen LogP contribution in [-0.2, 0) is 19.6 Å². The quantitative estimate of drug-likeness (QED) is 0.733. The third-order valence-electron chi connectivity index (χ3n) is 3.44. The van der Waals surface area contributed by atoms with E-state index in [-0.39, 0.29) is 10.5 Å². The molecule has 0 saturated heterocycles. The second-order valence-electron chi connectivity index (χ2n) is 6.83. The van der Waals surface area contributed by atoms with E-state index < -0.39 is 33.6 Å². The minimum atomic E-state index is -4.18. The van der Waals surface area contributed by atoms with Gasteiger partial charge >= 0.3 is 11.9 Å². The first kappa shape index (κ1) is 20.6. The standard InChI is InChI=1S/C19H21NO6S/c1-19(2,3)26-18(23)16(13-8-5-4-6-9-13)20-27(24,25)15-11-7-10-14(12-15)17(21)22/h4-12,16,20H,1-3H3,(H,21,22). The van der Waals surface area contributed by atoms with Crippen LogP contribution in [0.25, 0.3) is 0 Å². The van der Waals surface area contributed by atoms with Gasteiger partial charge < -0.3 is 9.84 Å². The molecular weight excluding hydrogens is 370 g/mol. The Labute approximate surface area is 158 Å². The number of rotatable bonds is 6. The lowest BCUT2D eigenvalue weighted by Gasteiger charge is -2.24. The highest BCUT2D eigenvalue weighted by Crippen LogP contribution is 2.22. The summed E-state index contributed by atoms with van der Waals surface area (Å²) >= 11 is 0. The molecule has 0 aromatic heterocycles. The Bertz CT molecular complexity index is 932. The van der Waals surface area contributed by atoms with Crippen LogP contribution >= 0.6 is 0 Å². The number of carbonyl (C=O) groups excluding carboxylic acids is 1. The summed E-state index contributed by atoms with van der Waals surface area (Å²) in [6.07, 6.45) is 0. The Morgan fingerprint density at radius 2 is 1.67 bits per heavy atom. The Balaban J connectivity index is 2.41. The van der Waals surface area contributed by atoms with Gasteiger partial charge in [0.2, 0.25) is 10.0 Å². The van der Waals surface area contributed by atoms with Gasteiger partial charge in [0.05, 0.1) is 10.5 Å². The van der Waals surface area contributed by atoms with Crippen LogP contribution in [0.2, 0.25) is 0 Å². The van der Waals surface area contributed by atoms with Crippen LogP contribution in [-0.4, -0.2) is 31.1 Å². The normalized spacial score (nSPS) is 13.0. The molecule has 0 aliphatic heterocycles. The highest BCUT2D eigenvalue weighted by atomic mass is 32.2. The van der Waals surface area contributed by atoms with Crippen LogP contribution in [0.1, 0.15) is 42.7 Å². The Hall–Kier alpha value is -2.71. The molecule has 0 bridgehead atoms. The van der Waals surface area contributed by atoms with E-state index >= 15 is 0 Å². The second kappa shape index (κ2) is 7.89. The average Bonchev–Trinajstić information content (AvgIpc) is 2.59. The van der Waals surface area contributed by atoms with Gasteiger partial charge in [0.1, 0.15) is 11.6 Å². The molecule has 8 heteroatoms. The summed E-state index contributed by atoms with van der Waals surface area (Å²) in [5.74, 6) is -2.01. The van der Waals surface area contributed by atoms with Crippen molar-refractivity contribution in [1.82, 2.24) is 4.72 Å². The SMILES string of the molecule is CC(C)(C)OC(=O)C(NS(=O)(=O)c1cccc(C(=O)O)c1)c1ccccc1. The summed E-state index contributed by atoms with van der Waals surface area (Å²) in [7, 11) is -4.18. The minimum Gasteiger partial charge on any atom is -0.478 e. The number of sulfonamides is 1. The molecule has 27 heavy (non-hydrogen) atoms. The lowest BCUT2D eigenvalue weighted by atomic mass is 10.1. The zero-order chi connectivity index (χ0) is 20.2. The number of carboxylic acid groups (broad SMARTS) is 1. The van der Waals surface area contributed by atoms with Crippen molar-refractivity contribution in [3.63, 3.8) is 0 Å². The van der Waals surface area contributed by atoms with Gasteiger partial charge in [-0.05, 0) is 44.5 Å². The van der Waals surface area contributed by atoms with E-state index in [0.717, 1.165) is 6.07 Å². The number of hydrogen-bond acceptors (Lipinski definition) is 5. The maximum atomic E-state index is 12.7. The largest absolute Gasteiger partial charge is 0.478 e. The third-order valence-corrected chi connectivity index (χ3v) is 4.86. The van der Waals surface area contributed by atoms with Crippen molar-refractivity contribution in [2.75, 3.05) is 0 Å². The zero-order valence-corrected chi connectivity index (χ0v) is 16.0. The van der Waals surface area contributed by atoms with E-state index in [4.69, 9.17) is 9.84 Å². The number of aromatic carboxylic acids is 1. The number of hydrogen-bond donors (Lipinski definition) is 2. The van der Waals surface area contributed by atoms with E-state index in [2.05, 4.69) is 4.72 Å². The first-order valence-corrected chi connectivity index (χ1v) is 9.61. The lowest BCUT2D eigenvalue weighted by Crippen LogP contribution is -2.38. The second-order valence-corrected chi connectivity index (χ2v) is 8.55. The molecule has 0 spiro atoms. The number of esters is 1. The Morgan fingerprint density at radius 3 is 2.22 bits per heavy atom. The molecule has 1 unspecified atom stereocenters. The van der Waals surface area contributed by atoms with E-state index in [1.807, 2.05) is 0 Å². The predicted molar refractivity (Wildman–Crippen MR) is 98.8 cm³/mol. The summed E-state index contributed by atoms with van der Waals surface area (Å²) in [6, 6.07) is 11.9. The van der Waals surface area contributed by atoms with Gasteiger partial charge in [0, 0.05) is 0 Å². The van der Waals surface area contributed by atoms with E-state index in [1.54, 1.807) is 51.1 Å². The number of ether oxygens (including phenoxy) is 1. The maximum Gasteiger partial charge on any atom is 0.335 e. The fraction of sp³-hybridized carbons (Fsp3) is 0.263. The molecule has 144 valence electrons. The van der Waals surface area contributed by atoms with E-state index in [9.17, 15) is 18.0 Å². The summed E-state index contributed by atoms with van der Waals surface area (Å²) in [5, 5.41) is 9.06. The van der Waals surface area contributed by atoms with Gasteiger partial charge in [-0.3, -0.25) is 0 Å². The molecule has 0 aliphatic carbocycles. The number of carboxylic acids is 1. The molecule has 0 radical (unpaired) electrons. The van der Waals surface area contributed by atoms with Crippen LogP contribution in [0, 0.1) is 0 Å². The molecule has 2 aromatic carbocycles. The van der Waals surface area contributed by atoms with Gasteiger partial charge in [0.25, 0.3) is 0 Å². The highest BCUT2D eigenvalue weighted by molar-refractivity contribution is 7.89. The average molecular weight is 391 g/mol. The minimum absolute atomic E-state index is 0.175. The van der Waals surface area contributed by atoms with Crippen LogP contribution in [0.4, 0.5) is 0 Å². The number of nitrogens with one attached hydrogen (secondary N) is 1. The molecule has 0 fully saturated rings. The fourth-order valence-corrected chi connectivity index (χ4v) is 3.50. The monoisotopic (exact) mass is 391 g/mol. The fourth-order valence-electron chi connectivity index (χ4n) is 2.28. The predicted octanol–water partition coefficient (Wildman–Crippen LogP) is 2.75. The lowest BCUT2D eigenvalue weighted by molar-refractivity contribution is -0.157. The van der Waals surface area contributed by atoms with E-state index in [0.29, 0.717) is 5.56 Å². The van der Waals surface area contributed by atoms with Gasteiger partial charge in [-0.1, -0.05) is 36.4 Å². The smallest absolute Gasteiger partial charge is 0.335 e. The third kappa shape index (κ3) is 5.63. The van der Waals surface area contributed by atoms with Crippen molar-refractivity contribution < 1.29 is 27.9 Å². The number of benzene rings is 2. The van der Waals surface area contributed by atoms with Gasteiger partial charge in [-0.15, -0.1) is 0 Å². The molecular formula is C19H21NO6S. The van der Waals surface area contributed by atoms with Crippen molar-refractivity contribution in [1.29, 1.82) is 0 Å². The van der Waals surface area contributed by atoms with Crippen molar-refractivity contribution in [3.8, 4) is 0 Å². The Kier molecular flexibility index (Phi) is 6.02. The molecule has 7 nitrogen and oxygen atoms in total. The van der Waals surface area contributed by atoms with Crippen LogP contribution < -0.4 is 4.72 Å². The summed E-state index contributed by atoms with van der Waals surface area (Å²) in [5.41, 5.74) is -0.574. The topological polar surface area (TPSA) is 110 Å². The first-order valence-electron chi connectivity index (χ1n) is 8.13. The van der Waals surface area contributed by atoms with Crippen molar-refractivity contribution in [2.24, 2.45) is 0 Å². The molecule has 0 aliphatic rings. The summed E-state index contributed by atoms with van der Waals surface area (Å²) < 4.78 is 33.2. The summed E-state index contributed by atoms with van der Waals surface area (Å²) in [4.78, 5) is 23.4. The van der Waals surface area contributed by atoms with E-state index in [1.165, 1.54) is 18.2 Å². The molecule has 0 heterocycles. The van der Waals surface area contributed by atoms with Crippen molar-refractivity contribution in [3.05, 3.63) is 65.7 Å². The van der Waals surface area contributed by atoms with Gasteiger partial charge in [-0.2, -0.15) is 4.72 Å². The number of carbonyl (C=O) groups is 2. The molecule has 0 saturated carbocycles. The van der Waals surface area contributed by atoms with Crippen molar-refractivity contribution >= 4 is 22.0 Å².